The maximum atomic E-state index is 12.6. The van der Waals surface area contributed by atoms with Gasteiger partial charge < -0.3 is 11.1 Å². The molecule has 7 nitrogen and oxygen atoms in total. The van der Waals surface area contributed by atoms with Crippen LogP contribution in [0.4, 0.5) is 11.4 Å². The van der Waals surface area contributed by atoms with Crippen LogP contribution in [0.25, 0.3) is 11.1 Å². The summed E-state index contributed by atoms with van der Waals surface area (Å²) >= 11 is 0. The van der Waals surface area contributed by atoms with Gasteiger partial charge >= 0.3 is 0 Å². The lowest BCUT2D eigenvalue weighted by atomic mass is 10.0. The van der Waals surface area contributed by atoms with Gasteiger partial charge in [0.1, 0.15) is 0 Å². The first-order valence-electron chi connectivity index (χ1n) is 9.25. The molecular weight excluding hydrogens is 364 g/mol. The number of nitrogen functional groups attached to an aromatic ring is 1. The standard InChI is InChI=1S/C22H20N6O/c23-19-10-9-17(16-6-2-1-3-7-16)14-20(19)25-22(29)21-15-28(27-26-21)13-11-18-8-4-5-12-24-18/h1-10,12,14-15H,11,13,23H2,(H,25,29). The van der Waals surface area contributed by atoms with Crippen molar-refractivity contribution >= 4 is 17.3 Å². The van der Waals surface area contributed by atoms with E-state index < -0.39 is 0 Å². The molecule has 1 amide bonds. The van der Waals surface area contributed by atoms with Crippen LogP contribution in [0.3, 0.4) is 0 Å². The number of pyridine rings is 1. The van der Waals surface area contributed by atoms with E-state index in [-0.39, 0.29) is 11.6 Å². The number of nitrogens with one attached hydrogen (secondary N) is 1. The number of amides is 1. The first kappa shape index (κ1) is 18.4. The Morgan fingerprint density at radius 1 is 1.00 bits per heavy atom. The highest BCUT2D eigenvalue weighted by Gasteiger charge is 2.13. The lowest BCUT2D eigenvalue weighted by Gasteiger charge is -2.09. The van der Waals surface area contributed by atoms with E-state index in [1.165, 1.54) is 0 Å². The molecule has 29 heavy (non-hydrogen) atoms. The summed E-state index contributed by atoms with van der Waals surface area (Å²) in [5.41, 5.74) is 10.3. The van der Waals surface area contributed by atoms with E-state index in [1.54, 1.807) is 23.1 Å². The normalized spacial score (nSPS) is 10.6. The van der Waals surface area contributed by atoms with Gasteiger partial charge in [-0.25, -0.2) is 0 Å². The molecule has 2 aromatic carbocycles. The number of aryl methyl sites for hydroxylation is 2. The topological polar surface area (TPSA) is 98.7 Å². The van der Waals surface area contributed by atoms with Crippen molar-refractivity contribution in [2.45, 2.75) is 13.0 Å². The molecule has 0 atom stereocenters. The molecular formula is C22H20N6O. The maximum Gasteiger partial charge on any atom is 0.277 e. The smallest absolute Gasteiger partial charge is 0.277 e. The van der Waals surface area contributed by atoms with E-state index in [4.69, 9.17) is 5.73 Å². The van der Waals surface area contributed by atoms with Crippen LogP contribution in [0.5, 0.6) is 0 Å². The monoisotopic (exact) mass is 384 g/mol. The molecule has 0 saturated heterocycles. The summed E-state index contributed by atoms with van der Waals surface area (Å²) < 4.78 is 1.63. The highest BCUT2D eigenvalue weighted by atomic mass is 16.2. The van der Waals surface area contributed by atoms with E-state index in [0.29, 0.717) is 24.3 Å². The zero-order valence-electron chi connectivity index (χ0n) is 15.7. The molecule has 0 spiro atoms. The first-order chi connectivity index (χ1) is 14.2. The summed E-state index contributed by atoms with van der Waals surface area (Å²) in [5, 5.41) is 10.8. The molecule has 0 unspecified atom stereocenters. The number of nitrogens with zero attached hydrogens (tertiary/aromatic N) is 4. The summed E-state index contributed by atoms with van der Waals surface area (Å²) in [6.45, 7) is 0.586. The van der Waals surface area contributed by atoms with Crippen molar-refractivity contribution in [2.24, 2.45) is 0 Å². The zero-order chi connectivity index (χ0) is 20.1. The third kappa shape index (κ3) is 4.47. The van der Waals surface area contributed by atoms with Crippen LogP contribution in [0.15, 0.2) is 79.1 Å². The number of carbonyl (C=O) groups is 1. The molecule has 0 aliphatic carbocycles. The first-order valence-corrected chi connectivity index (χ1v) is 9.25. The Morgan fingerprint density at radius 3 is 2.62 bits per heavy atom. The molecule has 0 saturated carbocycles. The van der Waals surface area contributed by atoms with Gasteiger partial charge in [-0.2, -0.15) is 0 Å². The van der Waals surface area contributed by atoms with Crippen molar-refractivity contribution in [3.63, 3.8) is 0 Å². The second-order valence-corrected chi connectivity index (χ2v) is 6.56. The van der Waals surface area contributed by atoms with Crippen LogP contribution in [0.1, 0.15) is 16.2 Å². The van der Waals surface area contributed by atoms with Crippen LogP contribution in [-0.2, 0) is 13.0 Å². The summed E-state index contributed by atoms with van der Waals surface area (Å²) in [7, 11) is 0. The van der Waals surface area contributed by atoms with Crippen molar-refractivity contribution in [3.8, 4) is 11.1 Å². The molecule has 7 heteroatoms. The second-order valence-electron chi connectivity index (χ2n) is 6.56. The number of rotatable bonds is 6. The molecule has 4 rings (SSSR count). The largest absolute Gasteiger partial charge is 0.397 e. The fourth-order valence-electron chi connectivity index (χ4n) is 2.95. The quantitative estimate of drug-likeness (QED) is 0.496. The Hall–Kier alpha value is -4.00. The average Bonchev–Trinajstić information content (AvgIpc) is 3.24. The summed E-state index contributed by atoms with van der Waals surface area (Å²) in [6, 6.07) is 21.2. The number of aromatic nitrogens is 4. The third-order valence-electron chi connectivity index (χ3n) is 4.50. The SMILES string of the molecule is Nc1ccc(-c2ccccc2)cc1NC(=O)c1cn(CCc2ccccn2)nn1. The molecule has 4 aromatic rings. The van der Waals surface area contributed by atoms with E-state index >= 15 is 0 Å². The van der Waals surface area contributed by atoms with Crippen LogP contribution in [-0.4, -0.2) is 25.9 Å². The molecule has 0 fully saturated rings. The van der Waals surface area contributed by atoms with Gasteiger partial charge in [0.15, 0.2) is 5.69 Å². The minimum absolute atomic E-state index is 0.232. The number of hydrogen-bond donors (Lipinski definition) is 2. The van der Waals surface area contributed by atoms with Crippen molar-refractivity contribution in [1.82, 2.24) is 20.0 Å². The number of anilines is 2. The molecule has 0 radical (unpaired) electrons. The number of nitrogens with two attached hydrogens (primary N) is 1. The van der Waals surface area contributed by atoms with Gasteiger partial charge in [0.2, 0.25) is 0 Å². The molecule has 0 bridgehead atoms. The van der Waals surface area contributed by atoms with Crippen molar-refractivity contribution in [2.75, 3.05) is 11.1 Å². The Morgan fingerprint density at radius 2 is 1.83 bits per heavy atom. The highest BCUT2D eigenvalue weighted by Crippen LogP contribution is 2.27. The van der Waals surface area contributed by atoms with Gasteiger partial charge in [0, 0.05) is 24.9 Å². The summed E-state index contributed by atoms with van der Waals surface area (Å²) in [6.07, 6.45) is 4.08. The minimum Gasteiger partial charge on any atom is -0.397 e. The Balaban J connectivity index is 1.45. The maximum absolute atomic E-state index is 12.6. The molecule has 2 heterocycles. The Kier molecular flexibility index (Phi) is 5.29. The Labute approximate surface area is 168 Å². The fourth-order valence-corrected chi connectivity index (χ4v) is 2.95. The van der Waals surface area contributed by atoms with Crippen molar-refractivity contribution in [3.05, 3.63) is 90.5 Å². The van der Waals surface area contributed by atoms with Crippen LogP contribution in [0, 0.1) is 0 Å². The van der Waals surface area contributed by atoms with Crippen molar-refractivity contribution < 1.29 is 4.79 Å². The molecule has 144 valence electrons. The number of carbonyl (C=O) groups excluding carboxylic acids is 1. The fraction of sp³-hybridized carbons (Fsp3) is 0.0909. The molecule has 2 aromatic heterocycles. The summed E-state index contributed by atoms with van der Waals surface area (Å²) in [4.78, 5) is 16.9. The number of hydrogen-bond acceptors (Lipinski definition) is 5. The van der Waals surface area contributed by atoms with Crippen LogP contribution < -0.4 is 11.1 Å². The van der Waals surface area contributed by atoms with Gasteiger partial charge in [-0.1, -0.05) is 47.7 Å². The minimum atomic E-state index is -0.356. The van der Waals surface area contributed by atoms with Crippen LogP contribution >= 0.6 is 0 Å². The molecule has 0 aliphatic heterocycles. The molecule has 3 N–H and O–H groups in total. The summed E-state index contributed by atoms with van der Waals surface area (Å²) in [5.74, 6) is -0.356. The van der Waals surface area contributed by atoms with Gasteiger partial charge in [0.25, 0.3) is 5.91 Å². The van der Waals surface area contributed by atoms with Gasteiger partial charge in [-0.3, -0.25) is 14.5 Å². The molecule has 0 aliphatic rings. The van der Waals surface area contributed by atoms with Crippen molar-refractivity contribution in [1.29, 1.82) is 0 Å². The lowest BCUT2D eigenvalue weighted by Crippen LogP contribution is -2.14. The van der Waals surface area contributed by atoms with Crippen LogP contribution in [0.2, 0.25) is 0 Å². The predicted molar refractivity (Wildman–Crippen MR) is 112 cm³/mol. The van der Waals surface area contributed by atoms with Gasteiger partial charge in [0.05, 0.1) is 17.6 Å². The highest BCUT2D eigenvalue weighted by molar-refractivity contribution is 6.04. The second kappa shape index (κ2) is 8.35. The zero-order valence-corrected chi connectivity index (χ0v) is 15.7. The van der Waals surface area contributed by atoms with E-state index in [0.717, 1.165) is 16.8 Å². The van der Waals surface area contributed by atoms with Gasteiger partial charge in [-0.05, 0) is 35.4 Å². The van der Waals surface area contributed by atoms with E-state index in [2.05, 4.69) is 20.6 Å². The van der Waals surface area contributed by atoms with E-state index in [9.17, 15) is 4.79 Å². The Bertz CT molecular complexity index is 1110. The number of benzene rings is 2. The average molecular weight is 384 g/mol. The third-order valence-corrected chi connectivity index (χ3v) is 4.50. The predicted octanol–water partition coefficient (Wildman–Crippen LogP) is 3.42. The van der Waals surface area contributed by atoms with Gasteiger partial charge in [-0.15, -0.1) is 5.10 Å². The van der Waals surface area contributed by atoms with E-state index in [1.807, 2.05) is 60.7 Å². The lowest BCUT2D eigenvalue weighted by molar-refractivity contribution is 0.102.